The number of likely N-dealkylation sites (tertiary alicyclic amines) is 1. The number of aromatic nitrogens is 2. The Kier molecular flexibility index (Phi) is 5.58. The van der Waals surface area contributed by atoms with Crippen LogP contribution in [0.4, 0.5) is 5.95 Å². The number of hydrogen-bond donors (Lipinski definition) is 0. The molecule has 2 aliphatic rings. The fraction of sp³-hybridized carbons (Fsp3) is 0.550. The Morgan fingerprint density at radius 1 is 1.14 bits per heavy atom. The molecule has 1 amide bonds. The summed E-state index contributed by atoms with van der Waals surface area (Å²) in [5.41, 5.74) is 0.591. The van der Waals surface area contributed by atoms with E-state index in [0.29, 0.717) is 43.3 Å². The van der Waals surface area contributed by atoms with Crippen molar-refractivity contribution in [3.05, 3.63) is 36.0 Å². The summed E-state index contributed by atoms with van der Waals surface area (Å²) < 4.78 is 29.9. The molecule has 29 heavy (non-hydrogen) atoms. The van der Waals surface area contributed by atoms with Crippen molar-refractivity contribution < 1.29 is 17.6 Å². The van der Waals surface area contributed by atoms with Crippen LogP contribution < -0.4 is 4.90 Å². The molecule has 0 atom stereocenters. The molecule has 0 N–H and O–H groups in total. The summed E-state index contributed by atoms with van der Waals surface area (Å²) in [6.07, 6.45) is 8.86. The molecular weight excluding hydrogens is 392 g/mol. The van der Waals surface area contributed by atoms with Crippen molar-refractivity contribution in [2.45, 2.75) is 42.9 Å². The van der Waals surface area contributed by atoms with E-state index in [-0.39, 0.29) is 16.7 Å². The average molecular weight is 419 g/mol. The second kappa shape index (κ2) is 8.14. The first-order chi connectivity index (χ1) is 13.9. The summed E-state index contributed by atoms with van der Waals surface area (Å²) in [7, 11) is -3.43. The van der Waals surface area contributed by atoms with Gasteiger partial charge in [-0.1, -0.05) is 0 Å². The number of sulfone groups is 1. The molecule has 2 aliphatic heterocycles. The second-order valence-corrected chi connectivity index (χ2v) is 9.77. The summed E-state index contributed by atoms with van der Waals surface area (Å²) >= 11 is 0. The molecule has 9 heteroatoms. The quantitative estimate of drug-likeness (QED) is 0.752. The van der Waals surface area contributed by atoms with Gasteiger partial charge in [-0.2, -0.15) is 0 Å². The molecule has 2 aromatic heterocycles. The Hall–Kier alpha value is -2.42. The lowest BCUT2D eigenvalue weighted by Gasteiger charge is -2.32. The lowest BCUT2D eigenvalue weighted by molar-refractivity contribution is 0.0679. The number of rotatable bonds is 4. The van der Waals surface area contributed by atoms with Gasteiger partial charge in [-0.25, -0.2) is 18.4 Å². The minimum atomic E-state index is -3.43. The van der Waals surface area contributed by atoms with E-state index in [1.54, 1.807) is 17.0 Å². The van der Waals surface area contributed by atoms with Gasteiger partial charge >= 0.3 is 0 Å². The molecule has 156 valence electrons. The number of anilines is 1. The summed E-state index contributed by atoms with van der Waals surface area (Å²) in [5, 5.41) is 0. The first kappa shape index (κ1) is 19.9. The van der Waals surface area contributed by atoms with Crippen LogP contribution in [-0.4, -0.2) is 61.6 Å². The van der Waals surface area contributed by atoms with Crippen molar-refractivity contribution in [1.82, 2.24) is 14.9 Å². The monoisotopic (exact) mass is 418 g/mol. The first-order valence-corrected chi connectivity index (χ1v) is 12.0. The highest BCUT2D eigenvalue weighted by Crippen LogP contribution is 2.32. The molecule has 4 rings (SSSR count). The first-order valence-electron chi connectivity index (χ1n) is 10.1. The predicted molar refractivity (Wildman–Crippen MR) is 108 cm³/mol. The normalized spacial score (nSPS) is 18.8. The third-order valence-electron chi connectivity index (χ3n) is 5.71. The summed E-state index contributed by atoms with van der Waals surface area (Å²) in [6.45, 7) is 2.87. The maximum atomic E-state index is 12.5. The molecule has 0 spiro atoms. The summed E-state index contributed by atoms with van der Waals surface area (Å²) in [4.78, 5) is 25.7. The molecule has 8 nitrogen and oxygen atoms in total. The molecule has 0 aliphatic carbocycles. The highest BCUT2D eigenvalue weighted by Gasteiger charge is 2.31. The fourth-order valence-electron chi connectivity index (χ4n) is 4.11. The van der Waals surface area contributed by atoms with Crippen LogP contribution >= 0.6 is 0 Å². The molecule has 4 heterocycles. The fourth-order valence-corrected chi connectivity index (χ4v) is 4.95. The van der Waals surface area contributed by atoms with Crippen LogP contribution in [-0.2, 0) is 9.84 Å². The van der Waals surface area contributed by atoms with Gasteiger partial charge in [-0.05, 0) is 44.2 Å². The number of hydrogen-bond acceptors (Lipinski definition) is 7. The van der Waals surface area contributed by atoms with Crippen molar-refractivity contribution in [2.24, 2.45) is 0 Å². The molecule has 2 saturated heterocycles. The SMILES string of the molecule is CS(=O)(=O)c1cnc(N2CCCCC2)nc1C1CCN(C(=O)c2ccco2)CC1. The maximum absolute atomic E-state index is 12.5. The smallest absolute Gasteiger partial charge is 0.289 e. The third-order valence-corrected chi connectivity index (χ3v) is 6.82. The van der Waals surface area contributed by atoms with E-state index in [0.717, 1.165) is 25.9 Å². The van der Waals surface area contributed by atoms with E-state index in [4.69, 9.17) is 9.40 Å². The van der Waals surface area contributed by atoms with Gasteiger partial charge in [0.15, 0.2) is 15.6 Å². The molecule has 0 bridgehead atoms. The predicted octanol–water partition coefficient (Wildman–Crippen LogP) is 2.48. The number of amides is 1. The Morgan fingerprint density at radius 3 is 2.48 bits per heavy atom. The Morgan fingerprint density at radius 2 is 1.86 bits per heavy atom. The topological polar surface area (TPSA) is 96.6 Å². The average Bonchev–Trinajstić information content (AvgIpc) is 3.28. The molecule has 2 fully saturated rings. The minimum absolute atomic E-state index is 0.0214. The standard InChI is InChI=1S/C20H26N4O4S/c1-29(26,27)17-14-21-20(24-9-3-2-4-10-24)22-18(17)15-7-11-23(12-8-15)19(25)16-6-5-13-28-16/h5-6,13-15H,2-4,7-12H2,1H3. The second-order valence-electron chi connectivity index (χ2n) is 7.78. The summed E-state index contributed by atoms with van der Waals surface area (Å²) in [6, 6.07) is 3.35. The van der Waals surface area contributed by atoms with Crippen LogP contribution in [0.2, 0.25) is 0 Å². The number of piperidine rings is 2. The van der Waals surface area contributed by atoms with E-state index in [1.165, 1.54) is 25.1 Å². The van der Waals surface area contributed by atoms with Crippen LogP contribution in [0, 0.1) is 0 Å². The zero-order chi connectivity index (χ0) is 20.4. The van der Waals surface area contributed by atoms with Crippen LogP contribution in [0.5, 0.6) is 0 Å². The largest absolute Gasteiger partial charge is 0.459 e. The van der Waals surface area contributed by atoms with E-state index >= 15 is 0 Å². The maximum Gasteiger partial charge on any atom is 0.289 e. The molecule has 2 aromatic rings. The zero-order valence-corrected chi connectivity index (χ0v) is 17.4. The van der Waals surface area contributed by atoms with E-state index in [2.05, 4.69) is 9.88 Å². The summed E-state index contributed by atoms with van der Waals surface area (Å²) in [5.74, 6) is 0.788. The van der Waals surface area contributed by atoms with Crippen LogP contribution in [0.1, 0.15) is 54.3 Å². The van der Waals surface area contributed by atoms with Gasteiger partial charge in [-0.15, -0.1) is 0 Å². The molecule has 0 unspecified atom stereocenters. The molecule has 0 saturated carbocycles. The van der Waals surface area contributed by atoms with Crippen molar-refractivity contribution in [2.75, 3.05) is 37.3 Å². The lowest BCUT2D eigenvalue weighted by Crippen LogP contribution is -2.38. The van der Waals surface area contributed by atoms with Crippen LogP contribution in [0.25, 0.3) is 0 Å². The van der Waals surface area contributed by atoms with E-state index < -0.39 is 9.84 Å². The van der Waals surface area contributed by atoms with Crippen LogP contribution in [0.15, 0.2) is 33.9 Å². The highest BCUT2D eigenvalue weighted by molar-refractivity contribution is 7.90. The zero-order valence-electron chi connectivity index (χ0n) is 16.6. The van der Waals surface area contributed by atoms with Gasteiger partial charge in [0, 0.05) is 38.4 Å². The Bertz CT molecular complexity index is 960. The number of carbonyl (C=O) groups excluding carboxylic acids is 1. The van der Waals surface area contributed by atoms with Crippen LogP contribution in [0.3, 0.4) is 0 Å². The van der Waals surface area contributed by atoms with Crippen molar-refractivity contribution >= 4 is 21.7 Å². The van der Waals surface area contributed by atoms with Crippen molar-refractivity contribution in [3.8, 4) is 0 Å². The number of carbonyl (C=O) groups is 1. The Balaban J connectivity index is 1.55. The van der Waals surface area contributed by atoms with Gasteiger partial charge in [0.25, 0.3) is 5.91 Å². The van der Waals surface area contributed by atoms with Gasteiger partial charge in [0.1, 0.15) is 4.90 Å². The van der Waals surface area contributed by atoms with Crippen molar-refractivity contribution in [1.29, 1.82) is 0 Å². The van der Waals surface area contributed by atoms with E-state index in [1.807, 2.05) is 0 Å². The lowest BCUT2D eigenvalue weighted by atomic mass is 9.93. The number of furan rings is 1. The third kappa shape index (κ3) is 4.29. The minimum Gasteiger partial charge on any atom is -0.459 e. The van der Waals surface area contributed by atoms with Crippen molar-refractivity contribution in [3.63, 3.8) is 0 Å². The molecule has 0 aromatic carbocycles. The molecular formula is C20H26N4O4S. The van der Waals surface area contributed by atoms with Gasteiger partial charge in [0.2, 0.25) is 5.95 Å². The van der Waals surface area contributed by atoms with Gasteiger partial charge < -0.3 is 14.2 Å². The number of nitrogens with zero attached hydrogens (tertiary/aromatic N) is 4. The van der Waals surface area contributed by atoms with E-state index in [9.17, 15) is 13.2 Å². The Labute approximate surface area is 170 Å². The highest BCUT2D eigenvalue weighted by atomic mass is 32.2. The van der Waals surface area contributed by atoms with Gasteiger partial charge in [-0.3, -0.25) is 4.79 Å². The van der Waals surface area contributed by atoms with Gasteiger partial charge in [0.05, 0.1) is 18.2 Å². The molecule has 0 radical (unpaired) electrons.